The van der Waals surface area contributed by atoms with Crippen LogP contribution >= 0.6 is 0 Å². The molecule has 1 atom stereocenters. The Balaban J connectivity index is 2.14. The molecule has 1 saturated heterocycles. The summed E-state index contributed by atoms with van der Waals surface area (Å²) in [5.74, 6) is 0.769. The lowest BCUT2D eigenvalue weighted by atomic mass is 10.1. The zero-order chi connectivity index (χ0) is 12.7. The van der Waals surface area contributed by atoms with E-state index >= 15 is 0 Å². The van der Waals surface area contributed by atoms with E-state index in [1.54, 1.807) is 7.11 Å². The number of ether oxygens (including phenoxy) is 1. The molecule has 4 nitrogen and oxygen atoms in total. The van der Waals surface area contributed by atoms with Crippen LogP contribution in [0.5, 0.6) is 0 Å². The molecule has 1 rings (SSSR count). The molecule has 0 aromatic rings. The molecule has 2 N–H and O–H groups in total. The van der Waals surface area contributed by atoms with Crippen molar-refractivity contribution in [2.75, 3.05) is 53.0 Å². The topological polar surface area (TPSA) is 41.7 Å². The maximum Gasteiger partial charge on any atom is 0.0477 e. The van der Waals surface area contributed by atoms with Crippen LogP contribution in [0.4, 0.5) is 0 Å². The molecular weight excluding hydrogens is 214 g/mol. The van der Waals surface area contributed by atoms with Crippen molar-refractivity contribution in [1.82, 2.24) is 9.80 Å². The molecule has 0 saturated carbocycles. The number of nitrogens with two attached hydrogens (primary N) is 1. The van der Waals surface area contributed by atoms with Gasteiger partial charge in [0.25, 0.3) is 0 Å². The van der Waals surface area contributed by atoms with Crippen molar-refractivity contribution in [2.24, 2.45) is 11.7 Å². The fourth-order valence-corrected chi connectivity index (χ4v) is 2.36. The van der Waals surface area contributed by atoms with Gasteiger partial charge in [0, 0.05) is 59.0 Å². The number of rotatable bonds is 7. The average molecular weight is 243 g/mol. The summed E-state index contributed by atoms with van der Waals surface area (Å²) in [6.45, 7) is 12.3. The van der Waals surface area contributed by atoms with Crippen molar-refractivity contribution in [2.45, 2.75) is 26.3 Å². The Labute approximate surface area is 106 Å². The predicted octanol–water partition coefficient (Wildman–Crippen LogP) is 0.624. The first-order valence-corrected chi connectivity index (χ1v) is 6.81. The van der Waals surface area contributed by atoms with Gasteiger partial charge in [0.1, 0.15) is 0 Å². The lowest BCUT2D eigenvalue weighted by Crippen LogP contribution is -2.50. The zero-order valence-corrected chi connectivity index (χ0v) is 11.7. The van der Waals surface area contributed by atoms with Crippen LogP contribution in [0.2, 0.25) is 0 Å². The summed E-state index contributed by atoms with van der Waals surface area (Å²) >= 11 is 0. The Bertz CT molecular complexity index is 191. The van der Waals surface area contributed by atoms with E-state index in [1.165, 1.54) is 19.6 Å². The van der Waals surface area contributed by atoms with Gasteiger partial charge in [0.15, 0.2) is 0 Å². The molecule has 0 aromatic carbocycles. The fraction of sp³-hybridized carbons (Fsp3) is 1.00. The number of methoxy groups -OCH3 is 1. The Hall–Kier alpha value is -0.160. The Morgan fingerprint density at radius 2 is 1.59 bits per heavy atom. The first kappa shape index (κ1) is 14.9. The van der Waals surface area contributed by atoms with E-state index in [0.29, 0.717) is 0 Å². The smallest absolute Gasteiger partial charge is 0.0477 e. The fourth-order valence-electron chi connectivity index (χ4n) is 2.36. The van der Waals surface area contributed by atoms with Crippen LogP contribution in [0.3, 0.4) is 0 Å². The number of hydrogen-bond acceptors (Lipinski definition) is 4. The average Bonchev–Trinajstić information content (AvgIpc) is 2.28. The summed E-state index contributed by atoms with van der Waals surface area (Å²) in [5, 5.41) is 0. The molecule has 0 radical (unpaired) electrons. The molecule has 0 aliphatic carbocycles. The van der Waals surface area contributed by atoms with Crippen molar-refractivity contribution in [1.29, 1.82) is 0 Å². The van der Waals surface area contributed by atoms with Crippen molar-refractivity contribution < 1.29 is 4.74 Å². The molecule has 0 spiro atoms. The van der Waals surface area contributed by atoms with Gasteiger partial charge in [0.05, 0.1) is 0 Å². The largest absolute Gasteiger partial charge is 0.385 e. The van der Waals surface area contributed by atoms with Crippen LogP contribution in [0, 0.1) is 5.92 Å². The van der Waals surface area contributed by atoms with Crippen molar-refractivity contribution in [3.63, 3.8) is 0 Å². The van der Waals surface area contributed by atoms with E-state index < -0.39 is 0 Å². The van der Waals surface area contributed by atoms with Gasteiger partial charge in [-0.3, -0.25) is 4.90 Å². The molecule has 1 heterocycles. The molecule has 17 heavy (non-hydrogen) atoms. The van der Waals surface area contributed by atoms with Crippen LogP contribution < -0.4 is 5.73 Å². The van der Waals surface area contributed by atoms with Gasteiger partial charge in [-0.1, -0.05) is 13.8 Å². The van der Waals surface area contributed by atoms with Gasteiger partial charge in [-0.25, -0.2) is 0 Å². The third kappa shape index (κ3) is 6.36. The molecule has 1 fully saturated rings. The maximum atomic E-state index is 6.07. The van der Waals surface area contributed by atoms with E-state index in [0.717, 1.165) is 38.6 Å². The van der Waals surface area contributed by atoms with E-state index in [-0.39, 0.29) is 6.04 Å². The summed E-state index contributed by atoms with van der Waals surface area (Å²) in [5.41, 5.74) is 6.07. The number of hydrogen-bond donors (Lipinski definition) is 1. The zero-order valence-electron chi connectivity index (χ0n) is 11.7. The first-order chi connectivity index (χ1) is 8.11. The molecule has 0 aromatic heterocycles. The van der Waals surface area contributed by atoms with Gasteiger partial charge in [-0.05, 0) is 12.3 Å². The molecule has 102 valence electrons. The third-order valence-corrected chi connectivity index (χ3v) is 3.27. The Morgan fingerprint density at radius 3 is 2.06 bits per heavy atom. The minimum Gasteiger partial charge on any atom is -0.385 e. The van der Waals surface area contributed by atoms with Crippen LogP contribution in [0.1, 0.15) is 20.3 Å². The standard InChI is InChI=1S/C13H29N3O/c1-12(2)10-15-5-7-16(8-6-15)11-13(14)4-9-17-3/h12-13H,4-11,14H2,1-3H3. The molecule has 1 aliphatic rings. The second kappa shape index (κ2) is 8.03. The summed E-state index contributed by atoms with van der Waals surface area (Å²) < 4.78 is 5.06. The summed E-state index contributed by atoms with van der Waals surface area (Å²) in [4.78, 5) is 5.04. The van der Waals surface area contributed by atoms with Gasteiger partial charge in [0.2, 0.25) is 0 Å². The van der Waals surface area contributed by atoms with Crippen LogP contribution in [0.15, 0.2) is 0 Å². The number of nitrogens with zero attached hydrogens (tertiary/aromatic N) is 2. The second-order valence-corrected chi connectivity index (χ2v) is 5.54. The minimum atomic E-state index is 0.256. The van der Waals surface area contributed by atoms with E-state index in [9.17, 15) is 0 Å². The van der Waals surface area contributed by atoms with E-state index in [2.05, 4.69) is 23.6 Å². The Morgan fingerprint density at radius 1 is 1.06 bits per heavy atom. The lowest BCUT2D eigenvalue weighted by molar-refractivity contribution is 0.111. The van der Waals surface area contributed by atoms with Crippen molar-refractivity contribution >= 4 is 0 Å². The highest BCUT2D eigenvalue weighted by Crippen LogP contribution is 2.06. The van der Waals surface area contributed by atoms with Crippen molar-refractivity contribution in [3.8, 4) is 0 Å². The van der Waals surface area contributed by atoms with E-state index in [4.69, 9.17) is 10.5 Å². The highest BCUT2D eigenvalue weighted by Gasteiger charge is 2.18. The molecule has 1 aliphatic heterocycles. The minimum absolute atomic E-state index is 0.256. The second-order valence-electron chi connectivity index (χ2n) is 5.54. The lowest BCUT2D eigenvalue weighted by Gasteiger charge is -2.36. The molecule has 0 amide bonds. The molecular formula is C13H29N3O. The van der Waals surface area contributed by atoms with Gasteiger partial charge in [-0.2, -0.15) is 0 Å². The third-order valence-electron chi connectivity index (χ3n) is 3.27. The first-order valence-electron chi connectivity index (χ1n) is 6.81. The van der Waals surface area contributed by atoms with Crippen LogP contribution in [0.25, 0.3) is 0 Å². The molecule has 0 bridgehead atoms. The van der Waals surface area contributed by atoms with Gasteiger partial charge in [-0.15, -0.1) is 0 Å². The Kier molecular flexibility index (Phi) is 7.04. The predicted molar refractivity (Wildman–Crippen MR) is 72.2 cm³/mol. The summed E-state index contributed by atoms with van der Waals surface area (Å²) in [6.07, 6.45) is 0.961. The maximum absolute atomic E-state index is 6.07. The SMILES string of the molecule is COCCC(N)CN1CCN(CC(C)C)CC1. The van der Waals surface area contributed by atoms with Gasteiger partial charge >= 0.3 is 0 Å². The van der Waals surface area contributed by atoms with E-state index in [1.807, 2.05) is 0 Å². The van der Waals surface area contributed by atoms with Crippen LogP contribution in [-0.2, 0) is 4.74 Å². The highest BCUT2D eigenvalue weighted by atomic mass is 16.5. The van der Waals surface area contributed by atoms with Gasteiger partial charge < -0.3 is 15.4 Å². The normalized spacial score (nSPS) is 21.0. The monoisotopic (exact) mass is 243 g/mol. The summed E-state index contributed by atoms with van der Waals surface area (Å²) in [6, 6.07) is 0.256. The highest BCUT2D eigenvalue weighted by molar-refractivity contribution is 4.76. The number of piperazine rings is 1. The molecule has 4 heteroatoms. The summed E-state index contributed by atoms with van der Waals surface area (Å²) in [7, 11) is 1.73. The van der Waals surface area contributed by atoms with Crippen molar-refractivity contribution in [3.05, 3.63) is 0 Å². The quantitative estimate of drug-likeness (QED) is 0.712. The molecule has 1 unspecified atom stereocenters. The van der Waals surface area contributed by atoms with Crippen LogP contribution in [-0.4, -0.2) is 68.8 Å².